The Bertz CT molecular complexity index is 2800. The average Bonchev–Trinajstić information content (AvgIpc) is 4.55. The van der Waals surface area contributed by atoms with Crippen LogP contribution in [-0.2, 0) is 54.7 Å². The molecular weight excluding hydrogens is 1090 g/mol. The van der Waals surface area contributed by atoms with Gasteiger partial charge in [0.1, 0.15) is 35.6 Å². The van der Waals surface area contributed by atoms with Crippen molar-refractivity contribution < 1.29 is 33.9 Å². The van der Waals surface area contributed by atoms with Crippen molar-refractivity contribution in [1.29, 1.82) is 0 Å². The Morgan fingerprint density at radius 1 is 0.547 bits per heavy atom. The fourth-order valence-corrected chi connectivity index (χ4v) is 12.9. The predicted octanol–water partition coefficient (Wildman–Crippen LogP) is 5.52. The number of aliphatic hydroxyl groups is 1. The number of nitrogens with zero attached hydrogens (tertiary/aromatic N) is 8. The molecule has 10 atom stereocenters. The summed E-state index contributed by atoms with van der Waals surface area (Å²) in [6, 6.07) is 23.2. The van der Waals surface area contributed by atoms with Gasteiger partial charge in [-0.2, -0.15) is 0 Å². The molecule has 4 aliphatic rings. The number of fused-ring (bicyclic) bond motifs is 2. The summed E-state index contributed by atoms with van der Waals surface area (Å²) in [5.74, 6) is -1.42. The number of carbonyl (C=O) groups is 6. The second-order valence-corrected chi connectivity index (χ2v) is 24.0. The molecule has 4 fully saturated rings. The molecule has 4 saturated heterocycles. The first kappa shape index (κ1) is 63.2. The van der Waals surface area contributed by atoms with Crippen LogP contribution in [0.3, 0.4) is 0 Å². The van der Waals surface area contributed by atoms with Crippen LogP contribution < -0.4 is 31.9 Å². The molecule has 21 heteroatoms. The quantitative estimate of drug-likeness (QED) is 0.0305. The first-order valence-corrected chi connectivity index (χ1v) is 31.8. The molecule has 0 spiro atoms. The molecule has 6 amide bonds. The number of hydrogen-bond donors (Lipinski definition) is 7. The standard InChI is InChI=1S/C65H90N14O7/c1-4-37-66-44(2)60(81)68-52-27-13-11-25-50-33-35-56(78(50)64(52)85)62(83)70-58(48-21-7-5-8-22-48)54-42-76(74-72-54)39-17-15-19-46-29-31-47(32-30-46)20-16-18-40-77-43-55(73-75-77)59(49-23-9-6-10-24-49)71-63(84)57-36-34-51-26-12-14-28-53(65(86)79(51)57)69-61(82)45(3)67-38-41-80/h5-10,21-24,29-32,42-45,50-53,56-59,66-67,80H,4,11-20,25-28,33-41H2,1-3H3,(H,68,81)(H,69,82)(H,70,83)(H,71,84)/t44-,45-,50-,51-,52-,53-,56-,57-,58-,59+/m0/s1. The summed E-state index contributed by atoms with van der Waals surface area (Å²) in [5, 5.41) is 45.9. The van der Waals surface area contributed by atoms with Gasteiger partial charge in [-0.05, 0) is 139 Å². The van der Waals surface area contributed by atoms with Crippen molar-refractivity contribution in [3.63, 3.8) is 0 Å². The Morgan fingerprint density at radius 2 is 0.965 bits per heavy atom. The summed E-state index contributed by atoms with van der Waals surface area (Å²) in [4.78, 5) is 86.8. The van der Waals surface area contributed by atoms with E-state index < -0.39 is 48.3 Å². The summed E-state index contributed by atoms with van der Waals surface area (Å²) >= 11 is 0. The summed E-state index contributed by atoms with van der Waals surface area (Å²) in [6.07, 6.45) is 18.9. The Morgan fingerprint density at radius 3 is 1.38 bits per heavy atom. The maximum Gasteiger partial charge on any atom is 0.246 e. The van der Waals surface area contributed by atoms with Crippen molar-refractivity contribution in [1.82, 2.24) is 71.7 Å². The first-order chi connectivity index (χ1) is 41.9. The summed E-state index contributed by atoms with van der Waals surface area (Å²) in [7, 11) is 0. The van der Waals surface area contributed by atoms with Crippen LogP contribution >= 0.6 is 0 Å². The molecule has 86 heavy (non-hydrogen) atoms. The highest BCUT2D eigenvalue weighted by Gasteiger charge is 2.46. The van der Waals surface area contributed by atoms with Crippen LogP contribution in [0.4, 0.5) is 0 Å². The number of hydrogen-bond acceptors (Lipinski definition) is 13. The minimum Gasteiger partial charge on any atom is -0.395 e. The van der Waals surface area contributed by atoms with Crippen molar-refractivity contribution in [2.45, 2.75) is 216 Å². The molecule has 2 aromatic heterocycles. The normalized spacial score (nSPS) is 22.0. The molecule has 0 saturated carbocycles. The number of aliphatic hydroxyl groups excluding tert-OH is 1. The largest absolute Gasteiger partial charge is 0.395 e. The van der Waals surface area contributed by atoms with E-state index >= 15 is 0 Å². The van der Waals surface area contributed by atoms with Crippen molar-refractivity contribution >= 4 is 35.4 Å². The molecule has 6 heterocycles. The summed E-state index contributed by atoms with van der Waals surface area (Å²) in [6.45, 7) is 7.75. The van der Waals surface area contributed by atoms with Crippen LogP contribution in [0.5, 0.6) is 0 Å². The van der Waals surface area contributed by atoms with E-state index in [4.69, 9.17) is 0 Å². The van der Waals surface area contributed by atoms with Crippen LogP contribution in [0.25, 0.3) is 0 Å². The maximum atomic E-state index is 14.4. The van der Waals surface area contributed by atoms with Crippen molar-refractivity contribution in [2.75, 3.05) is 19.7 Å². The molecule has 0 aliphatic carbocycles. The van der Waals surface area contributed by atoms with Gasteiger partial charge in [0, 0.05) is 31.7 Å². The molecular formula is C65H90N14O7. The zero-order valence-electron chi connectivity index (χ0n) is 50.5. The van der Waals surface area contributed by atoms with Gasteiger partial charge in [0.25, 0.3) is 0 Å². The van der Waals surface area contributed by atoms with Gasteiger partial charge in [-0.1, -0.05) is 128 Å². The Hall–Kier alpha value is -7.36. The Kier molecular flexibility index (Phi) is 23.0. The molecule has 9 rings (SSSR count). The van der Waals surface area contributed by atoms with Gasteiger partial charge in [-0.15, -0.1) is 10.2 Å². The minimum atomic E-state index is -0.738. The van der Waals surface area contributed by atoms with E-state index in [0.717, 1.165) is 101 Å². The number of benzene rings is 3. The molecule has 4 aliphatic heterocycles. The van der Waals surface area contributed by atoms with Crippen molar-refractivity contribution in [3.05, 3.63) is 131 Å². The Balaban J connectivity index is 0.731. The van der Waals surface area contributed by atoms with Gasteiger partial charge in [0.2, 0.25) is 35.4 Å². The van der Waals surface area contributed by atoms with Crippen LogP contribution in [0.2, 0.25) is 0 Å². The highest BCUT2D eigenvalue weighted by Crippen LogP contribution is 2.34. The van der Waals surface area contributed by atoms with Crippen molar-refractivity contribution in [3.8, 4) is 0 Å². The SMILES string of the molecule is CCCN[C@@H](C)C(=O)N[C@H]1CCCC[C@H]2CC[C@@H](C(=O)N[C@@H](c3ccccc3)c3cn(CCCCc4ccc(CCCCn5cc([C@H](NC(=O)[C@@H]6CC[C@@H]7CCCC[C@H](NC(=O)[C@H](C)NCCO)C(=O)N76)c6ccccc6)nn5)cc4)nn3)N2C1=O. The number of aromatic nitrogens is 6. The van der Waals surface area contributed by atoms with Crippen LogP contribution in [0, 0.1) is 0 Å². The molecule has 0 bridgehead atoms. The van der Waals surface area contributed by atoms with Gasteiger partial charge >= 0.3 is 0 Å². The van der Waals surface area contributed by atoms with Gasteiger partial charge in [0.05, 0.1) is 43.2 Å². The van der Waals surface area contributed by atoms with E-state index in [1.54, 1.807) is 16.7 Å². The zero-order chi connectivity index (χ0) is 60.4. The number of unbranched alkanes of at least 4 members (excludes halogenated alkanes) is 2. The molecule has 462 valence electrons. The lowest BCUT2D eigenvalue weighted by atomic mass is 9.98. The Labute approximate surface area is 506 Å². The number of rotatable bonds is 28. The van der Waals surface area contributed by atoms with Crippen LogP contribution in [-0.4, -0.2) is 148 Å². The highest BCUT2D eigenvalue weighted by molar-refractivity contribution is 5.95. The lowest BCUT2D eigenvalue weighted by Crippen LogP contribution is -2.58. The number of nitrogens with one attached hydrogen (secondary N) is 6. The molecule has 7 N–H and O–H groups in total. The monoisotopic (exact) mass is 1180 g/mol. The maximum absolute atomic E-state index is 14.4. The van der Waals surface area contributed by atoms with Gasteiger partial charge in [-0.3, -0.25) is 38.1 Å². The van der Waals surface area contributed by atoms with Crippen molar-refractivity contribution in [2.24, 2.45) is 0 Å². The topological polar surface area (TPSA) is 263 Å². The molecule has 3 aromatic carbocycles. The van der Waals surface area contributed by atoms with Crippen LogP contribution in [0.15, 0.2) is 97.3 Å². The summed E-state index contributed by atoms with van der Waals surface area (Å²) in [5.41, 5.74) is 5.49. The zero-order valence-corrected chi connectivity index (χ0v) is 50.5. The highest BCUT2D eigenvalue weighted by atomic mass is 16.3. The number of amides is 6. The van der Waals surface area contributed by atoms with E-state index in [1.165, 1.54) is 11.1 Å². The molecule has 21 nitrogen and oxygen atoms in total. The van der Waals surface area contributed by atoms with Gasteiger partial charge < -0.3 is 46.8 Å². The number of carbonyl (C=O) groups excluding carboxylic acids is 6. The first-order valence-electron chi connectivity index (χ1n) is 31.8. The fourth-order valence-electron chi connectivity index (χ4n) is 12.9. The third kappa shape index (κ3) is 16.6. The predicted molar refractivity (Wildman–Crippen MR) is 326 cm³/mol. The lowest BCUT2D eigenvalue weighted by Gasteiger charge is -2.36. The average molecular weight is 1180 g/mol. The third-order valence-corrected chi connectivity index (χ3v) is 17.7. The number of aryl methyl sites for hydroxylation is 4. The molecule has 5 aromatic rings. The molecule has 0 unspecified atom stereocenters. The fraction of sp³-hybridized carbons (Fsp3) is 0.569. The van der Waals surface area contributed by atoms with Gasteiger partial charge in [0.15, 0.2) is 0 Å². The lowest BCUT2D eigenvalue weighted by molar-refractivity contribution is -0.144. The second-order valence-electron chi connectivity index (χ2n) is 24.0. The summed E-state index contributed by atoms with van der Waals surface area (Å²) < 4.78 is 3.67. The van der Waals surface area contributed by atoms with E-state index in [-0.39, 0.29) is 60.7 Å². The van der Waals surface area contributed by atoms with E-state index in [9.17, 15) is 33.9 Å². The van der Waals surface area contributed by atoms with E-state index in [2.05, 4.69) is 76.8 Å². The second kappa shape index (κ2) is 31.3. The van der Waals surface area contributed by atoms with Gasteiger partial charge in [-0.25, -0.2) is 0 Å². The smallest absolute Gasteiger partial charge is 0.246 e. The van der Waals surface area contributed by atoms with E-state index in [0.29, 0.717) is 63.1 Å². The minimum absolute atomic E-state index is 0.0523. The molecule has 0 radical (unpaired) electrons. The van der Waals surface area contributed by atoms with E-state index in [1.807, 2.05) is 96.3 Å². The third-order valence-electron chi connectivity index (χ3n) is 17.7. The van der Waals surface area contributed by atoms with Crippen LogP contribution in [0.1, 0.15) is 176 Å².